The SMILES string of the molecule is O=c1ccc2nc3ccc(O)cc3[se]c-2c1. The average molecular weight is 276 g/mol. The molecule has 3 rings (SSSR count). The molecule has 1 N–H and O–H groups in total. The number of phenols is 1. The van der Waals surface area contributed by atoms with Gasteiger partial charge in [-0.3, -0.25) is 0 Å². The standard InChI is InChI=1S/C12H7NO2Se/c14-7-1-3-9-11(5-7)16-12-6-8(15)2-4-10(12)13-9/h1-6,14H. The van der Waals surface area contributed by atoms with Gasteiger partial charge in [0.25, 0.3) is 0 Å². The summed E-state index contributed by atoms with van der Waals surface area (Å²) in [6.45, 7) is 0. The fourth-order valence-corrected chi connectivity index (χ4v) is 3.75. The molecule has 78 valence electrons. The summed E-state index contributed by atoms with van der Waals surface area (Å²) < 4.78 is 2.00. The second-order valence-electron chi connectivity index (χ2n) is 3.50. The Kier molecular flexibility index (Phi) is 2.06. The molecule has 0 spiro atoms. The molecular weight excluding hydrogens is 269 g/mol. The third-order valence-electron chi connectivity index (χ3n) is 2.34. The summed E-state index contributed by atoms with van der Waals surface area (Å²) in [5.41, 5.74) is 1.78. The first-order valence-electron chi connectivity index (χ1n) is 4.76. The normalized spacial score (nSPS) is 11.0. The van der Waals surface area contributed by atoms with Gasteiger partial charge in [-0.05, 0) is 0 Å². The number of nitrogens with zero attached hydrogens (tertiary/aromatic N) is 1. The van der Waals surface area contributed by atoms with Crippen LogP contribution in [0.3, 0.4) is 0 Å². The predicted octanol–water partition coefficient (Wildman–Crippen LogP) is 1.46. The van der Waals surface area contributed by atoms with Gasteiger partial charge in [0.1, 0.15) is 0 Å². The Hall–Kier alpha value is -1.64. The van der Waals surface area contributed by atoms with Gasteiger partial charge < -0.3 is 0 Å². The second kappa shape index (κ2) is 3.44. The summed E-state index contributed by atoms with van der Waals surface area (Å²) in [4.78, 5) is 15.7. The van der Waals surface area contributed by atoms with Crippen LogP contribution >= 0.6 is 0 Å². The summed E-state index contributed by atoms with van der Waals surface area (Å²) in [5.74, 6) is 0.248. The van der Waals surface area contributed by atoms with Crippen molar-refractivity contribution in [1.29, 1.82) is 0 Å². The molecule has 2 aliphatic rings. The van der Waals surface area contributed by atoms with Gasteiger partial charge in [0.15, 0.2) is 0 Å². The van der Waals surface area contributed by atoms with E-state index in [1.165, 1.54) is 6.07 Å². The first kappa shape index (κ1) is 9.58. The zero-order valence-electron chi connectivity index (χ0n) is 8.18. The van der Waals surface area contributed by atoms with Gasteiger partial charge in [-0.15, -0.1) is 0 Å². The number of phenolic OH excluding ortho intramolecular Hbond substituents is 1. The van der Waals surface area contributed by atoms with E-state index in [4.69, 9.17) is 0 Å². The predicted molar refractivity (Wildman–Crippen MR) is 63.2 cm³/mol. The molecular formula is C12H7NO2Se. The molecule has 1 heterocycles. The summed E-state index contributed by atoms with van der Waals surface area (Å²) in [6, 6.07) is 10.1. The van der Waals surface area contributed by atoms with Crippen molar-refractivity contribution in [3.63, 3.8) is 0 Å². The van der Waals surface area contributed by atoms with Crippen molar-refractivity contribution in [2.75, 3.05) is 0 Å². The van der Waals surface area contributed by atoms with E-state index < -0.39 is 0 Å². The fraction of sp³-hybridized carbons (Fsp3) is 0. The minimum atomic E-state index is 0.0134. The molecule has 1 aliphatic heterocycles. The van der Waals surface area contributed by atoms with Gasteiger partial charge in [0.2, 0.25) is 0 Å². The molecule has 0 radical (unpaired) electrons. The third-order valence-corrected chi connectivity index (χ3v) is 4.63. The summed E-state index contributed by atoms with van der Waals surface area (Å²) >= 11 is 0.0472. The van der Waals surface area contributed by atoms with E-state index in [0.29, 0.717) is 0 Å². The Morgan fingerprint density at radius 1 is 1.12 bits per heavy atom. The van der Waals surface area contributed by atoms with Crippen LogP contribution in [0.4, 0.5) is 0 Å². The van der Waals surface area contributed by atoms with Crippen LogP contribution in [0.15, 0.2) is 41.2 Å². The van der Waals surface area contributed by atoms with E-state index in [0.717, 1.165) is 19.9 Å². The Morgan fingerprint density at radius 2 is 2.00 bits per heavy atom. The number of hydrogen-bond donors (Lipinski definition) is 1. The molecule has 0 unspecified atom stereocenters. The zero-order valence-corrected chi connectivity index (χ0v) is 9.89. The molecule has 0 amide bonds. The first-order valence-corrected chi connectivity index (χ1v) is 6.47. The molecule has 0 fully saturated rings. The Labute approximate surface area is 97.1 Å². The van der Waals surface area contributed by atoms with Crippen molar-refractivity contribution in [2.45, 2.75) is 0 Å². The number of hydrogen-bond acceptors (Lipinski definition) is 3. The second-order valence-corrected chi connectivity index (χ2v) is 5.77. The molecule has 16 heavy (non-hydrogen) atoms. The van der Waals surface area contributed by atoms with Crippen LogP contribution < -0.4 is 5.43 Å². The van der Waals surface area contributed by atoms with Gasteiger partial charge >= 0.3 is 96.9 Å². The Bertz CT molecular complexity index is 705. The van der Waals surface area contributed by atoms with Crippen LogP contribution in [0, 0.1) is 0 Å². The molecule has 1 aromatic rings. The van der Waals surface area contributed by atoms with Crippen LogP contribution in [-0.2, 0) is 0 Å². The molecule has 0 saturated heterocycles. The maximum absolute atomic E-state index is 11.2. The maximum atomic E-state index is 11.2. The van der Waals surface area contributed by atoms with Gasteiger partial charge in [-0.2, -0.15) is 0 Å². The number of benzene rings is 2. The number of rotatable bonds is 0. The summed E-state index contributed by atoms with van der Waals surface area (Å²) in [5, 5.41) is 9.40. The molecule has 0 atom stereocenters. The van der Waals surface area contributed by atoms with Crippen LogP contribution in [0.1, 0.15) is 0 Å². The van der Waals surface area contributed by atoms with E-state index in [1.54, 1.807) is 30.3 Å². The van der Waals surface area contributed by atoms with Crippen molar-refractivity contribution >= 4 is 24.3 Å². The van der Waals surface area contributed by atoms with E-state index in [-0.39, 0.29) is 25.7 Å². The van der Waals surface area contributed by atoms with E-state index in [9.17, 15) is 9.90 Å². The van der Waals surface area contributed by atoms with Gasteiger partial charge in [0, 0.05) is 0 Å². The molecule has 0 aromatic heterocycles. The average Bonchev–Trinajstić information content (AvgIpc) is 2.26. The first-order chi connectivity index (χ1) is 7.72. The zero-order chi connectivity index (χ0) is 11.1. The topological polar surface area (TPSA) is 50.2 Å². The third kappa shape index (κ3) is 1.52. The number of aromatic hydroxyl groups is 1. The molecule has 4 heteroatoms. The molecule has 0 saturated carbocycles. The van der Waals surface area contributed by atoms with Gasteiger partial charge in [-0.1, -0.05) is 0 Å². The number of fused-ring (bicyclic) bond motifs is 2. The Morgan fingerprint density at radius 3 is 2.88 bits per heavy atom. The monoisotopic (exact) mass is 277 g/mol. The molecule has 1 aromatic carbocycles. The minimum absolute atomic E-state index is 0.0134. The van der Waals surface area contributed by atoms with Crippen molar-refractivity contribution < 1.29 is 5.11 Å². The van der Waals surface area contributed by atoms with Crippen molar-refractivity contribution in [2.24, 2.45) is 0 Å². The quantitative estimate of drug-likeness (QED) is 0.499. The van der Waals surface area contributed by atoms with E-state index >= 15 is 0 Å². The van der Waals surface area contributed by atoms with Crippen molar-refractivity contribution in [3.05, 3.63) is 46.6 Å². The summed E-state index contributed by atoms with van der Waals surface area (Å²) in [6.07, 6.45) is 0. The molecule has 3 nitrogen and oxygen atoms in total. The number of aromatic nitrogens is 1. The van der Waals surface area contributed by atoms with Crippen molar-refractivity contribution in [3.8, 4) is 15.9 Å². The van der Waals surface area contributed by atoms with E-state index in [2.05, 4.69) is 4.98 Å². The van der Waals surface area contributed by atoms with Crippen LogP contribution in [0.2, 0.25) is 0 Å². The van der Waals surface area contributed by atoms with Crippen LogP contribution in [-0.4, -0.2) is 24.6 Å². The molecule has 1 aliphatic carbocycles. The molecule has 0 bridgehead atoms. The Balaban J connectivity index is 2.46. The van der Waals surface area contributed by atoms with Gasteiger partial charge in [-0.25, -0.2) is 0 Å². The van der Waals surface area contributed by atoms with Crippen LogP contribution in [0.25, 0.3) is 19.9 Å². The van der Waals surface area contributed by atoms with Crippen molar-refractivity contribution in [1.82, 2.24) is 4.98 Å². The summed E-state index contributed by atoms with van der Waals surface area (Å²) in [7, 11) is 0. The van der Waals surface area contributed by atoms with Crippen LogP contribution in [0.5, 0.6) is 5.75 Å². The van der Waals surface area contributed by atoms with E-state index in [1.807, 2.05) is 0 Å². The van der Waals surface area contributed by atoms with Gasteiger partial charge in [0.05, 0.1) is 0 Å². The fourth-order valence-electron chi connectivity index (χ4n) is 1.59.